The van der Waals surface area contributed by atoms with Crippen LogP contribution < -0.4 is 16.0 Å². The van der Waals surface area contributed by atoms with Gasteiger partial charge >= 0.3 is 0 Å². The quantitative estimate of drug-likeness (QED) is 0.572. The maximum Gasteiger partial charge on any atom is 0.265 e. The van der Waals surface area contributed by atoms with Gasteiger partial charge in [-0.2, -0.15) is 0 Å². The summed E-state index contributed by atoms with van der Waals surface area (Å²) in [4.78, 5) is 3.61. The predicted molar refractivity (Wildman–Crippen MR) is 77.0 cm³/mol. The van der Waals surface area contributed by atoms with Gasteiger partial charge in [0.1, 0.15) is 10.7 Å². The molecule has 0 aliphatic carbocycles. The topological polar surface area (TPSA) is 97.1 Å². The molecule has 0 radical (unpaired) electrons. The fourth-order valence-electron chi connectivity index (χ4n) is 1.49. The largest absolute Gasteiger partial charge is 0.307 e. The summed E-state index contributed by atoms with van der Waals surface area (Å²) in [6.07, 6.45) is 1.38. The monoisotopic (exact) mass is 360 g/mol. The fraction of sp³-hybridized carbons (Fsp3) is 0. The van der Waals surface area contributed by atoms with Crippen molar-refractivity contribution in [2.75, 3.05) is 10.1 Å². The Bertz CT molecular complexity index is 739. The SMILES string of the molecule is NNc1ncccc1S(=O)(=O)Nc1cc(Br)ccc1F. The molecule has 2 rings (SSSR count). The molecule has 1 aromatic carbocycles. The Kier molecular flexibility index (Phi) is 4.21. The van der Waals surface area contributed by atoms with Gasteiger partial charge in [0.05, 0.1) is 5.69 Å². The summed E-state index contributed by atoms with van der Waals surface area (Å²) < 4.78 is 40.7. The third kappa shape index (κ3) is 3.06. The molecule has 0 bridgehead atoms. The first kappa shape index (κ1) is 14.7. The Morgan fingerprint density at radius 3 is 2.75 bits per heavy atom. The third-order valence-corrected chi connectivity index (χ3v) is 4.26. The third-order valence-electron chi connectivity index (χ3n) is 2.37. The van der Waals surface area contributed by atoms with Gasteiger partial charge in [-0.15, -0.1) is 0 Å². The minimum absolute atomic E-state index is 0.0320. The standard InChI is InChI=1S/C11H10BrFN4O2S/c12-7-3-4-8(13)9(6-7)17-20(18,19)10-2-1-5-15-11(10)16-14/h1-6,17H,14H2,(H,15,16). The van der Waals surface area contributed by atoms with E-state index in [0.717, 1.165) is 6.07 Å². The number of hydrazine groups is 1. The number of rotatable bonds is 4. The second-order valence-corrected chi connectivity index (χ2v) is 6.29. The zero-order valence-electron chi connectivity index (χ0n) is 9.97. The second-order valence-electron chi connectivity index (χ2n) is 3.72. The van der Waals surface area contributed by atoms with Crippen molar-refractivity contribution < 1.29 is 12.8 Å². The van der Waals surface area contributed by atoms with Gasteiger partial charge in [-0.25, -0.2) is 23.6 Å². The van der Waals surface area contributed by atoms with Crippen LogP contribution in [0, 0.1) is 5.82 Å². The van der Waals surface area contributed by atoms with Crippen LogP contribution in [0.5, 0.6) is 0 Å². The summed E-state index contributed by atoms with van der Waals surface area (Å²) >= 11 is 3.14. The normalized spacial score (nSPS) is 11.2. The Labute approximate surface area is 123 Å². The predicted octanol–water partition coefficient (Wildman–Crippen LogP) is 2.07. The van der Waals surface area contributed by atoms with Gasteiger partial charge in [0, 0.05) is 10.7 Å². The van der Waals surface area contributed by atoms with Gasteiger partial charge in [0.15, 0.2) is 5.82 Å². The van der Waals surface area contributed by atoms with Gasteiger partial charge < -0.3 is 5.43 Å². The number of sulfonamides is 1. The molecule has 0 amide bonds. The van der Waals surface area contributed by atoms with Crippen LogP contribution in [0.3, 0.4) is 0 Å². The van der Waals surface area contributed by atoms with Crippen LogP contribution in [-0.4, -0.2) is 13.4 Å². The van der Waals surface area contributed by atoms with E-state index in [-0.39, 0.29) is 16.4 Å². The first-order chi connectivity index (χ1) is 9.44. The van der Waals surface area contributed by atoms with E-state index < -0.39 is 15.8 Å². The van der Waals surface area contributed by atoms with Crippen LogP contribution in [0.25, 0.3) is 0 Å². The average molecular weight is 361 g/mol. The zero-order chi connectivity index (χ0) is 14.8. The molecule has 4 N–H and O–H groups in total. The summed E-state index contributed by atoms with van der Waals surface area (Å²) in [5.74, 6) is 4.48. The van der Waals surface area contributed by atoms with Gasteiger partial charge in [0.25, 0.3) is 10.0 Å². The maximum atomic E-state index is 13.6. The Balaban J connectivity index is 2.43. The first-order valence-corrected chi connectivity index (χ1v) is 7.61. The lowest BCUT2D eigenvalue weighted by molar-refractivity contribution is 0.598. The number of nitrogen functional groups attached to an aromatic ring is 1. The number of hydrogen-bond donors (Lipinski definition) is 3. The molecule has 0 saturated heterocycles. The molecule has 0 aliphatic heterocycles. The molecule has 1 heterocycles. The molecule has 0 fully saturated rings. The number of aromatic nitrogens is 1. The van der Waals surface area contributed by atoms with Crippen LogP contribution >= 0.6 is 15.9 Å². The van der Waals surface area contributed by atoms with Gasteiger partial charge in [0.2, 0.25) is 0 Å². The maximum absolute atomic E-state index is 13.6. The van der Waals surface area contributed by atoms with E-state index in [2.05, 4.69) is 31.1 Å². The molecule has 106 valence electrons. The molecule has 6 nitrogen and oxygen atoms in total. The Hall–Kier alpha value is -1.71. The van der Waals surface area contributed by atoms with Gasteiger partial charge in [-0.3, -0.25) is 4.72 Å². The lowest BCUT2D eigenvalue weighted by Gasteiger charge is -2.11. The minimum atomic E-state index is -4.01. The van der Waals surface area contributed by atoms with E-state index in [1.54, 1.807) is 0 Å². The Morgan fingerprint density at radius 2 is 2.05 bits per heavy atom. The first-order valence-electron chi connectivity index (χ1n) is 5.33. The number of halogens is 2. The van der Waals surface area contributed by atoms with Crippen molar-refractivity contribution in [3.8, 4) is 0 Å². The van der Waals surface area contributed by atoms with E-state index in [4.69, 9.17) is 5.84 Å². The van der Waals surface area contributed by atoms with Crippen molar-refractivity contribution in [3.63, 3.8) is 0 Å². The highest BCUT2D eigenvalue weighted by Gasteiger charge is 2.20. The number of nitrogens with two attached hydrogens (primary N) is 1. The summed E-state index contributed by atoms with van der Waals surface area (Å²) in [7, 11) is -4.01. The minimum Gasteiger partial charge on any atom is -0.307 e. The van der Waals surface area contributed by atoms with E-state index in [9.17, 15) is 12.8 Å². The molecule has 20 heavy (non-hydrogen) atoms. The molecule has 0 saturated carbocycles. The van der Waals surface area contributed by atoms with Crippen molar-refractivity contribution in [1.82, 2.24) is 4.98 Å². The molecular weight excluding hydrogens is 351 g/mol. The van der Waals surface area contributed by atoms with Gasteiger partial charge in [-0.05, 0) is 30.3 Å². The molecule has 1 aromatic heterocycles. The number of pyridine rings is 1. The molecule has 0 spiro atoms. The van der Waals surface area contributed by atoms with Crippen LogP contribution in [0.15, 0.2) is 45.9 Å². The molecule has 0 aliphatic rings. The van der Waals surface area contributed by atoms with Crippen molar-refractivity contribution in [3.05, 3.63) is 46.8 Å². The highest BCUT2D eigenvalue weighted by molar-refractivity contribution is 9.10. The highest BCUT2D eigenvalue weighted by atomic mass is 79.9. The van der Waals surface area contributed by atoms with Crippen LogP contribution in [0.4, 0.5) is 15.9 Å². The smallest absolute Gasteiger partial charge is 0.265 e. The number of hydrogen-bond acceptors (Lipinski definition) is 5. The fourth-order valence-corrected chi connectivity index (χ4v) is 3.03. The summed E-state index contributed by atoms with van der Waals surface area (Å²) in [5, 5.41) is 0. The number of nitrogens with one attached hydrogen (secondary N) is 2. The van der Waals surface area contributed by atoms with Crippen LogP contribution in [-0.2, 0) is 10.0 Å². The zero-order valence-corrected chi connectivity index (χ0v) is 12.4. The molecular formula is C11H10BrFN4O2S. The van der Waals surface area contributed by atoms with E-state index in [1.165, 1.54) is 30.5 Å². The van der Waals surface area contributed by atoms with E-state index in [1.807, 2.05) is 0 Å². The van der Waals surface area contributed by atoms with Crippen LogP contribution in [0.1, 0.15) is 0 Å². The van der Waals surface area contributed by atoms with Crippen molar-refractivity contribution >= 4 is 37.5 Å². The van der Waals surface area contributed by atoms with Gasteiger partial charge in [-0.1, -0.05) is 15.9 Å². The van der Waals surface area contributed by atoms with E-state index in [0.29, 0.717) is 4.47 Å². The van der Waals surface area contributed by atoms with E-state index >= 15 is 0 Å². The van der Waals surface area contributed by atoms with Crippen LogP contribution in [0.2, 0.25) is 0 Å². The van der Waals surface area contributed by atoms with Crippen molar-refractivity contribution in [1.29, 1.82) is 0 Å². The lowest BCUT2D eigenvalue weighted by Crippen LogP contribution is -2.19. The molecule has 0 atom stereocenters. The second kappa shape index (κ2) is 5.73. The summed E-state index contributed by atoms with van der Waals surface area (Å²) in [6, 6.07) is 6.67. The van der Waals surface area contributed by atoms with Crippen molar-refractivity contribution in [2.24, 2.45) is 5.84 Å². The molecule has 9 heteroatoms. The molecule has 2 aromatic rings. The number of anilines is 2. The number of benzene rings is 1. The lowest BCUT2D eigenvalue weighted by atomic mass is 10.3. The molecule has 0 unspecified atom stereocenters. The summed E-state index contributed by atoms with van der Waals surface area (Å²) in [6.45, 7) is 0. The number of nitrogens with zero attached hydrogens (tertiary/aromatic N) is 1. The van der Waals surface area contributed by atoms with Crippen molar-refractivity contribution in [2.45, 2.75) is 4.90 Å². The average Bonchev–Trinajstić information content (AvgIpc) is 2.42. The Morgan fingerprint density at radius 1 is 1.30 bits per heavy atom. The summed E-state index contributed by atoms with van der Waals surface area (Å²) in [5.41, 5.74) is 2.01. The highest BCUT2D eigenvalue weighted by Crippen LogP contribution is 2.25.